The minimum absolute atomic E-state index is 0.142. The van der Waals surface area contributed by atoms with Crippen LogP contribution in [0, 0.1) is 5.92 Å². The maximum Gasteiger partial charge on any atom is 0.222 e. The van der Waals surface area contributed by atoms with Gasteiger partial charge in [0.2, 0.25) is 5.95 Å². The predicted octanol–water partition coefficient (Wildman–Crippen LogP) is 2.93. The number of aromatic nitrogens is 2. The van der Waals surface area contributed by atoms with Gasteiger partial charge in [-0.05, 0) is 12.0 Å². The van der Waals surface area contributed by atoms with Crippen LogP contribution in [0.15, 0.2) is 18.5 Å². The Bertz CT molecular complexity index is 262. The minimum Gasteiger partial charge on any atom is -0.353 e. The lowest BCUT2D eigenvalue weighted by Crippen LogP contribution is -2.23. The van der Waals surface area contributed by atoms with Crippen molar-refractivity contribution < 1.29 is 0 Å². The number of nitrogens with zero attached hydrogens (tertiary/aromatic N) is 2. The van der Waals surface area contributed by atoms with E-state index in [1.54, 1.807) is 18.5 Å². The summed E-state index contributed by atoms with van der Waals surface area (Å²) in [4.78, 5) is 8.16. The van der Waals surface area contributed by atoms with E-state index in [0.29, 0.717) is 11.9 Å². The maximum absolute atomic E-state index is 6.28. The quantitative estimate of drug-likeness (QED) is 0.760. The van der Waals surface area contributed by atoms with Crippen molar-refractivity contribution in [3.05, 3.63) is 18.5 Å². The van der Waals surface area contributed by atoms with Gasteiger partial charge in [-0.3, -0.25) is 0 Å². The third-order valence-corrected chi connectivity index (χ3v) is 3.09. The molecule has 1 aromatic rings. The number of nitrogens with one attached hydrogen (secondary N) is 1. The average Bonchev–Trinajstić information content (AvgIpc) is 2.29. The lowest BCUT2D eigenvalue weighted by atomic mass is 9.99. The highest BCUT2D eigenvalue weighted by molar-refractivity contribution is 6.21. The first-order valence-electron chi connectivity index (χ1n) is 5.42. The fourth-order valence-corrected chi connectivity index (χ4v) is 1.98. The standard InChI is InChI=1S/C11H18ClN3/c1-3-9(4-2)10(12)8-15-11-13-6-5-7-14-11/h5-7,9-10H,3-4,8H2,1-2H3,(H,13,14,15). The summed E-state index contributed by atoms with van der Waals surface area (Å²) < 4.78 is 0. The molecule has 1 heterocycles. The highest BCUT2D eigenvalue weighted by Crippen LogP contribution is 2.18. The molecule has 1 rings (SSSR count). The normalized spacial score (nSPS) is 12.8. The van der Waals surface area contributed by atoms with Crippen molar-refractivity contribution in [3.8, 4) is 0 Å². The molecule has 84 valence electrons. The van der Waals surface area contributed by atoms with Crippen molar-refractivity contribution in [2.45, 2.75) is 32.1 Å². The molecule has 3 nitrogen and oxygen atoms in total. The van der Waals surface area contributed by atoms with Crippen molar-refractivity contribution in [2.75, 3.05) is 11.9 Å². The van der Waals surface area contributed by atoms with Crippen LogP contribution < -0.4 is 5.32 Å². The van der Waals surface area contributed by atoms with Crippen LogP contribution >= 0.6 is 11.6 Å². The summed E-state index contributed by atoms with van der Waals surface area (Å²) in [6.45, 7) is 5.06. The summed E-state index contributed by atoms with van der Waals surface area (Å²) in [5.41, 5.74) is 0. The zero-order valence-corrected chi connectivity index (χ0v) is 10.0. The molecule has 4 heteroatoms. The molecule has 0 aliphatic carbocycles. The van der Waals surface area contributed by atoms with E-state index in [4.69, 9.17) is 11.6 Å². The number of anilines is 1. The van der Waals surface area contributed by atoms with Crippen molar-refractivity contribution in [3.63, 3.8) is 0 Å². The second-order valence-corrected chi connectivity index (χ2v) is 4.11. The largest absolute Gasteiger partial charge is 0.353 e. The van der Waals surface area contributed by atoms with Gasteiger partial charge in [0.25, 0.3) is 0 Å². The van der Waals surface area contributed by atoms with Gasteiger partial charge in [-0.25, -0.2) is 9.97 Å². The first-order valence-corrected chi connectivity index (χ1v) is 5.86. The van der Waals surface area contributed by atoms with E-state index in [2.05, 4.69) is 29.1 Å². The van der Waals surface area contributed by atoms with E-state index in [-0.39, 0.29) is 5.38 Å². The molecule has 0 aliphatic heterocycles. The Hall–Kier alpha value is -0.830. The molecule has 0 bridgehead atoms. The number of rotatable bonds is 6. The number of halogens is 1. The summed E-state index contributed by atoms with van der Waals surface area (Å²) in [6.07, 6.45) is 5.66. The van der Waals surface area contributed by atoms with Gasteiger partial charge in [0.05, 0.1) is 5.38 Å². The van der Waals surface area contributed by atoms with E-state index in [9.17, 15) is 0 Å². The van der Waals surface area contributed by atoms with Crippen LogP contribution in [0.2, 0.25) is 0 Å². The van der Waals surface area contributed by atoms with Crippen LogP contribution in [-0.4, -0.2) is 21.9 Å². The monoisotopic (exact) mass is 227 g/mol. The van der Waals surface area contributed by atoms with Gasteiger partial charge >= 0.3 is 0 Å². The Kier molecular flexibility index (Phi) is 5.40. The van der Waals surface area contributed by atoms with Crippen molar-refractivity contribution in [1.29, 1.82) is 0 Å². The summed E-state index contributed by atoms with van der Waals surface area (Å²) in [7, 11) is 0. The molecular formula is C11H18ClN3. The van der Waals surface area contributed by atoms with Crippen LogP contribution in [0.3, 0.4) is 0 Å². The SMILES string of the molecule is CCC(CC)C(Cl)CNc1ncccn1. The first kappa shape index (κ1) is 12.2. The van der Waals surface area contributed by atoms with E-state index in [0.717, 1.165) is 19.4 Å². The van der Waals surface area contributed by atoms with Gasteiger partial charge in [-0.15, -0.1) is 11.6 Å². The third-order valence-electron chi connectivity index (χ3n) is 2.58. The average molecular weight is 228 g/mol. The maximum atomic E-state index is 6.28. The molecule has 0 aliphatic rings. The van der Waals surface area contributed by atoms with Crippen LogP contribution in [0.4, 0.5) is 5.95 Å². The van der Waals surface area contributed by atoms with Crippen molar-refractivity contribution in [2.24, 2.45) is 5.92 Å². The Morgan fingerprint density at radius 2 is 1.87 bits per heavy atom. The third kappa shape index (κ3) is 4.04. The molecule has 0 fully saturated rings. The fourth-order valence-electron chi connectivity index (χ4n) is 1.55. The summed E-state index contributed by atoms with van der Waals surface area (Å²) in [5, 5.41) is 3.28. The second-order valence-electron chi connectivity index (χ2n) is 3.55. The van der Waals surface area contributed by atoms with Gasteiger partial charge in [-0.1, -0.05) is 26.7 Å². The highest BCUT2D eigenvalue weighted by atomic mass is 35.5. The van der Waals surface area contributed by atoms with Gasteiger partial charge in [0.1, 0.15) is 0 Å². The molecule has 0 amide bonds. The molecule has 1 aromatic heterocycles. The Balaban J connectivity index is 2.36. The number of hydrogen-bond acceptors (Lipinski definition) is 3. The lowest BCUT2D eigenvalue weighted by Gasteiger charge is -2.19. The first-order chi connectivity index (χ1) is 7.27. The lowest BCUT2D eigenvalue weighted by molar-refractivity contribution is 0.475. The van der Waals surface area contributed by atoms with E-state index < -0.39 is 0 Å². The molecule has 0 spiro atoms. The minimum atomic E-state index is 0.142. The smallest absolute Gasteiger partial charge is 0.222 e. The molecule has 1 unspecified atom stereocenters. The molecule has 0 saturated heterocycles. The summed E-state index contributed by atoms with van der Waals surface area (Å²) >= 11 is 6.28. The fraction of sp³-hybridized carbons (Fsp3) is 0.636. The van der Waals surface area contributed by atoms with Gasteiger partial charge in [0, 0.05) is 18.9 Å². The zero-order chi connectivity index (χ0) is 11.1. The van der Waals surface area contributed by atoms with Crippen LogP contribution in [-0.2, 0) is 0 Å². The Labute approximate surface area is 96.3 Å². The van der Waals surface area contributed by atoms with Gasteiger partial charge in [0.15, 0.2) is 0 Å². The highest BCUT2D eigenvalue weighted by Gasteiger charge is 2.15. The van der Waals surface area contributed by atoms with Gasteiger partial charge < -0.3 is 5.32 Å². The second kappa shape index (κ2) is 6.62. The van der Waals surface area contributed by atoms with E-state index >= 15 is 0 Å². The van der Waals surface area contributed by atoms with Crippen LogP contribution in [0.25, 0.3) is 0 Å². The summed E-state index contributed by atoms with van der Waals surface area (Å²) in [6, 6.07) is 1.80. The summed E-state index contributed by atoms with van der Waals surface area (Å²) in [5.74, 6) is 1.21. The van der Waals surface area contributed by atoms with E-state index in [1.807, 2.05) is 0 Å². The molecular weight excluding hydrogens is 210 g/mol. The zero-order valence-electron chi connectivity index (χ0n) is 9.28. The Morgan fingerprint density at radius 1 is 1.27 bits per heavy atom. The van der Waals surface area contributed by atoms with Crippen LogP contribution in [0.1, 0.15) is 26.7 Å². The molecule has 1 atom stereocenters. The van der Waals surface area contributed by atoms with Crippen molar-refractivity contribution >= 4 is 17.5 Å². The molecule has 0 saturated carbocycles. The Morgan fingerprint density at radius 3 is 2.40 bits per heavy atom. The number of alkyl halides is 1. The number of hydrogen-bond donors (Lipinski definition) is 1. The van der Waals surface area contributed by atoms with Gasteiger partial charge in [-0.2, -0.15) is 0 Å². The predicted molar refractivity (Wildman–Crippen MR) is 64.2 cm³/mol. The molecule has 1 N–H and O–H groups in total. The van der Waals surface area contributed by atoms with Crippen molar-refractivity contribution in [1.82, 2.24) is 9.97 Å². The molecule has 15 heavy (non-hydrogen) atoms. The topological polar surface area (TPSA) is 37.8 Å². The van der Waals surface area contributed by atoms with Crippen LogP contribution in [0.5, 0.6) is 0 Å². The molecule has 0 radical (unpaired) electrons. The van der Waals surface area contributed by atoms with E-state index in [1.165, 1.54) is 0 Å². The molecule has 0 aromatic carbocycles.